The summed E-state index contributed by atoms with van der Waals surface area (Å²) in [5.74, 6) is 1.48. The van der Waals surface area contributed by atoms with Gasteiger partial charge in [0.1, 0.15) is 18.0 Å². The molecule has 13 nitrogen and oxygen atoms in total. The number of ether oxygens (including phenoxy) is 3. The van der Waals surface area contributed by atoms with E-state index in [0.717, 1.165) is 44.4 Å². The van der Waals surface area contributed by atoms with Gasteiger partial charge >= 0.3 is 6.09 Å². The molecule has 1 spiro atoms. The number of hydrogen-bond donors (Lipinski definition) is 5. The third-order valence-electron chi connectivity index (χ3n) is 10.4. The van der Waals surface area contributed by atoms with Gasteiger partial charge in [0.2, 0.25) is 11.8 Å². The van der Waals surface area contributed by atoms with Gasteiger partial charge in [0.15, 0.2) is 23.6 Å². The molecule has 2 bridgehead atoms. The number of hydrogen-bond acceptors (Lipinski definition) is 8. The molecule has 2 saturated heterocycles. The van der Waals surface area contributed by atoms with E-state index in [-0.39, 0.29) is 23.2 Å². The fourth-order valence-corrected chi connectivity index (χ4v) is 8.33. The monoisotopic (exact) mass is 623 g/mol. The number of nitrogens with one attached hydrogen (secondary N) is 4. The van der Waals surface area contributed by atoms with E-state index in [1.807, 2.05) is 12.1 Å². The Balaban J connectivity index is 1.19. The molecule has 13 heteroatoms. The minimum atomic E-state index is -0.786. The smallest absolute Gasteiger partial charge is 0.416 e. The van der Waals surface area contributed by atoms with Crippen LogP contribution in [0.25, 0.3) is 0 Å². The van der Waals surface area contributed by atoms with Crippen molar-refractivity contribution in [1.29, 1.82) is 5.41 Å². The van der Waals surface area contributed by atoms with Gasteiger partial charge in [-0.25, -0.2) is 4.79 Å². The molecule has 45 heavy (non-hydrogen) atoms. The minimum Gasteiger partial charge on any atom is -0.493 e. The van der Waals surface area contributed by atoms with Gasteiger partial charge in [-0.3, -0.25) is 19.9 Å². The number of carbonyl (C=O) groups is 3. The molecule has 1 aromatic carbocycles. The number of guanidine groups is 1. The third kappa shape index (κ3) is 5.55. The van der Waals surface area contributed by atoms with Gasteiger partial charge in [0, 0.05) is 37.0 Å². The van der Waals surface area contributed by atoms with Gasteiger partial charge in [-0.05, 0) is 88.6 Å². The van der Waals surface area contributed by atoms with Crippen molar-refractivity contribution in [3.8, 4) is 11.5 Å². The second kappa shape index (κ2) is 12.4. The van der Waals surface area contributed by atoms with Crippen LogP contribution in [0.15, 0.2) is 24.0 Å². The Bertz CT molecular complexity index is 1400. The highest BCUT2D eigenvalue weighted by atomic mass is 16.6. The Morgan fingerprint density at radius 2 is 2.07 bits per heavy atom. The van der Waals surface area contributed by atoms with Crippen LogP contribution in [0.5, 0.6) is 11.5 Å². The van der Waals surface area contributed by atoms with E-state index < -0.39 is 24.4 Å². The number of nitrogens with two attached hydrogens (primary N) is 1. The van der Waals surface area contributed by atoms with Crippen molar-refractivity contribution in [2.24, 2.45) is 11.7 Å². The summed E-state index contributed by atoms with van der Waals surface area (Å²) in [7, 11) is 3.85. The standard InChI is InChI=1S/C32H45N7O6/c1-18(40)36-21(7-6-14-35-30(33)34)29(41)37-25-8-4-5-15-39(25)31(42)44-24-12-10-20-22-17-19-9-11-23(43-3)27-26(19)32(20,28(24)45-27)13-16-38(22)2/h9,11-12,20-22,25,28H,4-8,10,13-17H2,1-3H3,(H,36,40)(H,37,41)(H4,33,34,35)/t20-,21-,22+,25?,28-,32-/m0/s1. The summed E-state index contributed by atoms with van der Waals surface area (Å²) in [5.41, 5.74) is 7.55. The molecule has 6 atom stereocenters. The lowest BCUT2D eigenvalue weighted by Gasteiger charge is -2.56. The van der Waals surface area contributed by atoms with Gasteiger partial charge in [-0.2, -0.15) is 0 Å². The molecule has 0 saturated carbocycles. The molecule has 6 N–H and O–H groups in total. The largest absolute Gasteiger partial charge is 0.493 e. The maximum atomic E-state index is 13.9. The highest BCUT2D eigenvalue weighted by Crippen LogP contribution is 2.63. The molecular weight excluding hydrogens is 578 g/mol. The number of likely N-dealkylation sites (tertiary alicyclic amines) is 2. The summed E-state index contributed by atoms with van der Waals surface area (Å²) < 4.78 is 18.7. The van der Waals surface area contributed by atoms with E-state index in [2.05, 4.69) is 34.0 Å². The van der Waals surface area contributed by atoms with Gasteiger partial charge < -0.3 is 40.8 Å². The molecular formula is C32H45N7O6. The summed E-state index contributed by atoms with van der Waals surface area (Å²) in [4.78, 5) is 43.1. The van der Waals surface area contributed by atoms with Crippen LogP contribution in [0.4, 0.5) is 4.79 Å². The first-order valence-electron chi connectivity index (χ1n) is 16.0. The zero-order valence-electron chi connectivity index (χ0n) is 26.3. The van der Waals surface area contributed by atoms with Crippen molar-refractivity contribution < 1.29 is 28.6 Å². The van der Waals surface area contributed by atoms with Crippen LogP contribution in [0.2, 0.25) is 0 Å². The van der Waals surface area contributed by atoms with E-state index in [1.54, 1.807) is 12.0 Å². The Kier molecular flexibility index (Phi) is 8.55. The Hall–Kier alpha value is -4.00. The van der Waals surface area contributed by atoms with Crippen LogP contribution < -0.4 is 31.2 Å². The first kappa shape index (κ1) is 31.0. The first-order chi connectivity index (χ1) is 21.6. The van der Waals surface area contributed by atoms with Crippen molar-refractivity contribution in [1.82, 2.24) is 25.8 Å². The number of carbonyl (C=O) groups excluding carboxylic acids is 3. The van der Waals surface area contributed by atoms with Gasteiger partial charge in [-0.1, -0.05) is 6.07 Å². The number of piperidine rings is 2. The number of rotatable bonds is 9. The predicted octanol–water partition coefficient (Wildman–Crippen LogP) is 1.69. The number of nitrogens with zero attached hydrogens (tertiary/aromatic N) is 2. The average molecular weight is 624 g/mol. The van der Waals surface area contributed by atoms with Crippen molar-refractivity contribution in [2.75, 3.05) is 33.8 Å². The van der Waals surface area contributed by atoms with E-state index in [0.29, 0.717) is 55.8 Å². The van der Waals surface area contributed by atoms with Crippen LogP contribution in [0.1, 0.15) is 63.0 Å². The number of allylic oxidation sites excluding steroid dienone is 1. The zero-order chi connectivity index (χ0) is 31.9. The molecule has 1 unspecified atom stereocenters. The molecule has 3 heterocycles. The molecule has 6 rings (SSSR count). The molecule has 2 fully saturated rings. The van der Waals surface area contributed by atoms with Crippen molar-refractivity contribution in [2.45, 2.75) is 88.1 Å². The molecule has 244 valence electrons. The van der Waals surface area contributed by atoms with Crippen LogP contribution in [0, 0.1) is 11.3 Å². The van der Waals surface area contributed by atoms with Crippen LogP contribution in [-0.2, 0) is 26.2 Å². The summed E-state index contributed by atoms with van der Waals surface area (Å²) in [6.07, 6.45) is 6.20. The van der Waals surface area contributed by atoms with Crippen LogP contribution in [0.3, 0.4) is 0 Å². The normalized spacial score (nSPS) is 28.5. The fraction of sp³-hybridized carbons (Fsp3) is 0.625. The quantitative estimate of drug-likeness (QED) is 0.156. The summed E-state index contributed by atoms with van der Waals surface area (Å²) in [6, 6.07) is 3.73. The fourth-order valence-electron chi connectivity index (χ4n) is 8.33. The summed E-state index contributed by atoms with van der Waals surface area (Å²) in [5, 5.41) is 15.7. The maximum Gasteiger partial charge on any atom is 0.416 e. The highest BCUT2D eigenvalue weighted by molar-refractivity contribution is 5.87. The summed E-state index contributed by atoms with van der Waals surface area (Å²) in [6.45, 7) is 3.13. The van der Waals surface area contributed by atoms with Gasteiger partial charge in [0.05, 0.1) is 7.11 Å². The molecule has 1 aromatic rings. The van der Waals surface area contributed by atoms with E-state index in [4.69, 9.17) is 25.4 Å². The molecule has 3 aliphatic heterocycles. The van der Waals surface area contributed by atoms with E-state index >= 15 is 0 Å². The van der Waals surface area contributed by atoms with Gasteiger partial charge in [0.25, 0.3) is 0 Å². The lowest BCUT2D eigenvalue weighted by atomic mass is 9.53. The molecule has 5 aliphatic rings. The number of amides is 3. The number of likely N-dealkylation sites (N-methyl/N-ethyl adjacent to an activating group) is 1. The average Bonchev–Trinajstić information content (AvgIpc) is 3.36. The predicted molar refractivity (Wildman–Crippen MR) is 166 cm³/mol. The van der Waals surface area contributed by atoms with E-state index in [9.17, 15) is 14.4 Å². The number of benzene rings is 1. The molecule has 2 aliphatic carbocycles. The number of methoxy groups -OCH3 is 1. The highest BCUT2D eigenvalue weighted by Gasteiger charge is 2.65. The van der Waals surface area contributed by atoms with Crippen molar-refractivity contribution in [3.05, 3.63) is 35.1 Å². The summed E-state index contributed by atoms with van der Waals surface area (Å²) >= 11 is 0. The minimum absolute atomic E-state index is 0.152. The van der Waals surface area contributed by atoms with Crippen molar-refractivity contribution in [3.63, 3.8) is 0 Å². The molecule has 0 radical (unpaired) electrons. The Morgan fingerprint density at radius 3 is 2.82 bits per heavy atom. The Labute approximate surface area is 263 Å². The lowest BCUT2D eigenvalue weighted by molar-refractivity contribution is -0.129. The Morgan fingerprint density at radius 1 is 1.24 bits per heavy atom. The lowest BCUT2D eigenvalue weighted by Crippen LogP contribution is -2.63. The van der Waals surface area contributed by atoms with Crippen LogP contribution >= 0.6 is 0 Å². The SMILES string of the molecule is COc1ccc2c3c1O[C@H]1C(OC(=O)N4CCCCC4NC(=O)[C@H](CCCNC(=N)N)NC(C)=O)=CC[C@H]4[C@@H](C2)N(C)CC[C@]314. The molecule has 0 aromatic heterocycles. The molecule has 3 amide bonds. The van der Waals surface area contributed by atoms with Crippen molar-refractivity contribution >= 4 is 23.9 Å². The van der Waals surface area contributed by atoms with Gasteiger partial charge in [-0.15, -0.1) is 0 Å². The van der Waals surface area contributed by atoms with E-state index in [1.165, 1.54) is 18.1 Å². The van der Waals surface area contributed by atoms with Crippen LogP contribution in [-0.4, -0.2) is 91.8 Å². The first-order valence-corrected chi connectivity index (χ1v) is 16.0. The second-order valence-corrected chi connectivity index (χ2v) is 12.9. The topological polar surface area (TPSA) is 171 Å². The maximum absolute atomic E-state index is 13.9. The second-order valence-electron chi connectivity index (χ2n) is 12.9. The third-order valence-corrected chi connectivity index (χ3v) is 10.4. The zero-order valence-corrected chi connectivity index (χ0v) is 26.3.